The number of hydrogen-bond donors (Lipinski definition) is 0. The van der Waals surface area contributed by atoms with Crippen molar-refractivity contribution in [1.82, 2.24) is 0 Å². The van der Waals surface area contributed by atoms with E-state index in [0.29, 0.717) is 0 Å². The van der Waals surface area contributed by atoms with Crippen molar-refractivity contribution in [2.45, 2.75) is 105 Å². The van der Waals surface area contributed by atoms with Crippen LogP contribution in [-0.2, 0) is 21.7 Å². The Hall–Kier alpha value is -10.8. The van der Waals surface area contributed by atoms with Crippen LogP contribution in [0.5, 0.6) is 0 Å². The summed E-state index contributed by atoms with van der Waals surface area (Å²) in [6, 6.07) is 115. The molecule has 18 rings (SSSR count). The topological polar surface area (TPSA) is 6.48 Å². The normalized spacial score (nSPS) is 13.1. The predicted molar refractivity (Wildman–Crippen MR) is 459 cm³/mol. The van der Waals surface area contributed by atoms with E-state index in [1.165, 1.54) is 101 Å². The zero-order valence-corrected chi connectivity index (χ0v) is 63.7. The van der Waals surface area contributed by atoms with Crippen molar-refractivity contribution < 1.29 is 0 Å². The molecule has 0 bridgehead atoms. The third-order valence-electron chi connectivity index (χ3n) is 22.4. The molecule has 0 saturated heterocycles. The Morgan fingerprint density at radius 2 is 0.543 bits per heavy atom. The molecule has 105 heavy (non-hydrogen) atoms. The van der Waals surface area contributed by atoms with Gasteiger partial charge in [-0.25, -0.2) is 0 Å². The van der Waals surface area contributed by atoms with E-state index in [1.54, 1.807) is 0 Å². The van der Waals surface area contributed by atoms with Crippen LogP contribution in [0.2, 0.25) is 0 Å². The van der Waals surface area contributed by atoms with Crippen LogP contribution in [-0.4, -0.2) is 6.71 Å². The number of hydrogen-bond acceptors (Lipinski definition) is 4. The Bertz CT molecular complexity index is 5600. The van der Waals surface area contributed by atoms with Crippen LogP contribution in [0.3, 0.4) is 0 Å². The summed E-state index contributed by atoms with van der Waals surface area (Å²) in [4.78, 5) is 5.44. The van der Waals surface area contributed by atoms with E-state index >= 15 is 0 Å². The van der Waals surface area contributed by atoms with E-state index < -0.39 is 0 Å². The Morgan fingerprint density at radius 1 is 0.238 bits per heavy atom. The SMILES string of the molecule is CC(C)(C)c1ccc(-c2cccc(-c3ccc(C(C)(C)C)cc3)c2N2c3ccc(-c4cccc5sc6ccccc6c45)cc3B3c4cc(-c5cccc6sc7ccccc7c56)ccc4N(c4c(-c5ccc(C(C)(C)C)cc5)cccc4-c4ccc(C(C)(C)C)cc4)c4cc(-c5ccccc5)cc2c43)cc1. The molecule has 16 aromatic rings. The summed E-state index contributed by atoms with van der Waals surface area (Å²) in [5.41, 5.74) is 32.1. The highest BCUT2D eigenvalue weighted by molar-refractivity contribution is 7.26. The molecule has 2 aliphatic heterocycles. The van der Waals surface area contributed by atoms with E-state index in [0.717, 1.165) is 89.8 Å². The number of nitrogens with zero attached hydrogens (tertiary/aromatic N) is 2. The van der Waals surface area contributed by atoms with Gasteiger partial charge < -0.3 is 9.80 Å². The Labute approximate surface area is 627 Å². The lowest BCUT2D eigenvalue weighted by atomic mass is 9.33. The standard InChI is InChI=1S/C100H85BN2S2/c1-97(2,3)70-48-38-63(39-49-70)76-30-20-31-77(64-40-50-71(51-41-64)98(4,5)6)95(76)102-84-56-46-67(74-28-22-36-90-92(74)80-26-16-18-34-88(80)104-90)58-82(84)101-83-59-68(75-29-23-37-91-93(75)81-27-17-19-35-89(81)105-91)47-57-85(83)103(87-61-69(60-86(102)94(87)101)62-24-14-13-15-25-62)96-78(65-42-52-72(53-43-65)99(7,8)9)32-21-33-79(96)66-44-54-73(55-45-66)100(10,11)12/h13-61H,1-12H3. The number of thiophene rings is 2. The highest BCUT2D eigenvalue weighted by Gasteiger charge is 2.46. The van der Waals surface area contributed by atoms with Crippen LogP contribution >= 0.6 is 22.7 Å². The maximum Gasteiger partial charge on any atom is 0.252 e. The number of para-hydroxylation sites is 2. The molecule has 0 N–H and O–H groups in total. The monoisotopic (exact) mass is 1390 g/mol. The van der Waals surface area contributed by atoms with Gasteiger partial charge >= 0.3 is 0 Å². The molecule has 2 aliphatic rings. The molecule has 0 atom stereocenters. The third kappa shape index (κ3) is 11.4. The number of rotatable bonds is 9. The maximum atomic E-state index is 2.72. The summed E-state index contributed by atoms with van der Waals surface area (Å²) >= 11 is 3.77. The second-order valence-corrected chi connectivity index (χ2v) is 35.4. The highest BCUT2D eigenvalue weighted by Crippen LogP contribution is 2.55. The smallest absolute Gasteiger partial charge is 0.252 e. The second-order valence-electron chi connectivity index (χ2n) is 33.2. The second kappa shape index (κ2) is 24.9. The molecule has 0 saturated carbocycles. The molecule has 4 heterocycles. The van der Waals surface area contributed by atoms with Crippen molar-refractivity contribution in [3.63, 3.8) is 0 Å². The minimum Gasteiger partial charge on any atom is -0.310 e. The zero-order chi connectivity index (χ0) is 72.0. The van der Waals surface area contributed by atoms with Crippen molar-refractivity contribution in [2.24, 2.45) is 0 Å². The van der Waals surface area contributed by atoms with Crippen molar-refractivity contribution in [3.8, 4) is 77.9 Å². The summed E-state index contributed by atoms with van der Waals surface area (Å²) in [6.07, 6.45) is 0. The molecular weight excluding hydrogens is 1300 g/mol. The lowest BCUT2D eigenvalue weighted by molar-refractivity contribution is 0.590. The lowest BCUT2D eigenvalue weighted by Gasteiger charge is -2.46. The molecule has 0 spiro atoms. The van der Waals surface area contributed by atoms with Gasteiger partial charge in [0, 0.05) is 85.3 Å². The van der Waals surface area contributed by atoms with Crippen LogP contribution in [0.15, 0.2) is 297 Å². The quantitative estimate of drug-likeness (QED) is 0.133. The van der Waals surface area contributed by atoms with Crippen molar-refractivity contribution in [1.29, 1.82) is 0 Å². The Balaban J connectivity index is 1.01. The van der Waals surface area contributed by atoms with Crippen molar-refractivity contribution in [2.75, 3.05) is 9.80 Å². The first-order chi connectivity index (χ1) is 50.6. The van der Waals surface area contributed by atoms with E-state index in [9.17, 15) is 0 Å². The van der Waals surface area contributed by atoms with E-state index in [-0.39, 0.29) is 28.4 Å². The first-order valence-electron chi connectivity index (χ1n) is 37.2. The highest BCUT2D eigenvalue weighted by atomic mass is 32.1. The van der Waals surface area contributed by atoms with Gasteiger partial charge in [-0.2, -0.15) is 0 Å². The molecule has 0 radical (unpaired) electrons. The number of fused-ring (bicyclic) bond motifs is 10. The number of benzene rings is 14. The summed E-state index contributed by atoms with van der Waals surface area (Å²) in [5, 5.41) is 5.17. The lowest BCUT2D eigenvalue weighted by Crippen LogP contribution is -2.61. The van der Waals surface area contributed by atoms with Gasteiger partial charge in [-0.1, -0.05) is 332 Å². The first kappa shape index (κ1) is 66.2. The van der Waals surface area contributed by atoms with Crippen LogP contribution in [0.1, 0.15) is 105 Å². The fourth-order valence-corrected chi connectivity index (χ4v) is 19.0. The van der Waals surface area contributed by atoms with E-state index in [1.807, 2.05) is 22.7 Å². The zero-order valence-electron chi connectivity index (χ0n) is 62.1. The summed E-state index contributed by atoms with van der Waals surface area (Å²) < 4.78 is 5.17. The van der Waals surface area contributed by atoms with Crippen LogP contribution < -0.4 is 26.2 Å². The first-order valence-corrected chi connectivity index (χ1v) is 38.9. The molecule has 2 aromatic heterocycles. The molecule has 5 heteroatoms. The molecule has 0 unspecified atom stereocenters. The predicted octanol–water partition coefficient (Wildman–Crippen LogP) is 27.4. The van der Waals surface area contributed by atoms with Crippen LogP contribution in [0.25, 0.3) is 118 Å². The van der Waals surface area contributed by atoms with Gasteiger partial charge in [0.25, 0.3) is 6.71 Å². The van der Waals surface area contributed by atoms with Gasteiger partial charge in [0.05, 0.1) is 11.4 Å². The average molecular weight is 1390 g/mol. The fraction of sp³-hybridized carbons (Fsp3) is 0.160. The molecular formula is C100H85BN2S2. The minimum atomic E-state index is -0.269. The van der Waals surface area contributed by atoms with Gasteiger partial charge in [0.2, 0.25) is 0 Å². The molecule has 0 amide bonds. The van der Waals surface area contributed by atoms with Gasteiger partial charge in [-0.15, -0.1) is 22.7 Å². The Morgan fingerprint density at radius 3 is 0.895 bits per heavy atom. The van der Waals surface area contributed by atoms with E-state index in [2.05, 4.69) is 390 Å². The Kier molecular flexibility index (Phi) is 15.7. The van der Waals surface area contributed by atoms with Gasteiger partial charge in [0.15, 0.2) is 0 Å². The van der Waals surface area contributed by atoms with Gasteiger partial charge in [0.1, 0.15) is 0 Å². The summed E-state index contributed by atoms with van der Waals surface area (Å²) in [6.45, 7) is 27.5. The molecule has 510 valence electrons. The molecule has 0 aliphatic carbocycles. The third-order valence-corrected chi connectivity index (χ3v) is 24.6. The van der Waals surface area contributed by atoms with E-state index in [4.69, 9.17) is 0 Å². The van der Waals surface area contributed by atoms with Crippen molar-refractivity contribution >= 4 is 120 Å². The van der Waals surface area contributed by atoms with Crippen molar-refractivity contribution in [3.05, 3.63) is 320 Å². The molecule has 2 nitrogen and oxygen atoms in total. The largest absolute Gasteiger partial charge is 0.310 e. The number of anilines is 6. The fourth-order valence-electron chi connectivity index (χ4n) is 16.7. The maximum absolute atomic E-state index is 2.72. The molecule has 0 fully saturated rings. The summed E-state index contributed by atoms with van der Waals surface area (Å²) in [7, 11) is 0. The average Bonchev–Trinajstić information content (AvgIpc) is 1.04. The van der Waals surface area contributed by atoms with Gasteiger partial charge in [-0.3, -0.25) is 0 Å². The van der Waals surface area contributed by atoms with Crippen LogP contribution in [0.4, 0.5) is 34.1 Å². The summed E-state index contributed by atoms with van der Waals surface area (Å²) in [5.74, 6) is 0. The van der Waals surface area contributed by atoms with Crippen LogP contribution in [0, 0.1) is 0 Å². The van der Waals surface area contributed by atoms with Gasteiger partial charge in [-0.05, 0) is 164 Å². The molecule has 14 aromatic carbocycles. The minimum absolute atomic E-state index is 0.0383.